The van der Waals surface area contributed by atoms with Crippen LogP contribution in [0.15, 0.2) is 63.9 Å². The first-order chi connectivity index (χ1) is 14.8. The molecule has 1 aromatic heterocycles. The average Bonchev–Trinajstić information content (AvgIpc) is 3.22. The van der Waals surface area contributed by atoms with E-state index in [1.807, 2.05) is 6.92 Å². The molecule has 3 aromatic rings. The largest absolute Gasteiger partial charge is 0.419 e. The minimum Gasteiger partial charge on any atom is -0.419 e. The van der Waals surface area contributed by atoms with E-state index in [1.54, 1.807) is 42.5 Å². The number of carbonyl (C=O) groups is 1. The van der Waals surface area contributed by atoms with Gasteiger partial charge in [0.15, 0.2) is 0 Å². The number of aromatic nitrogens is 2. The summed E-state index contributed by atoms with van der Waals surface area (Å²) < 4.78 is 32.1. The van der Waals surface area contributed by atoms with E-state index in [9.17, 15) is 13.2 Å². The van der Waals surface area contributed by atoms with Gasteiger partial charge >= 0.3 is 0 Å². The van der Waals surface area contributed by atoms with Crippen molar-refractivity contribution in [3.8, 4) is 11.5 Å². The molecule has 0 atom stereocenters. The fraction of sp³-hybridized carbons (Fsp3) is 0.286. The Morgan fingerprint density at radius 2 is 1.74 bits per heavy atom. The summed E-state index contributed by atoms with van der Waals surface area (Å²) in [4.78, 5) is 14.5. The van der Waals surface area contributed by atoms with Gasteiger partial charge in [-0.3, -0.25) is 4.79 Å². The first-order valence-electron chi connectivity index (χ1n) is 9.69. The van der Waals surface area contributed by atoms with Crippen LogP contribution in [0.1, 0.15) is 19.2 Å². The number of hydrogen-bond donors (Lipinski definition) is 0. The van der Waals surface area contributed by atoms with Crippen LogP contribution >= 0.6 is 11.6 Å². The zero-order valence-electron chi connectivity index (χ0n) is 17.2. The van der Waals surface area contributed by atoms with Gasteiger partial charge < -0.3 is 9.32 Å². The molecule has 2 aromatic carbocycles. The van der Waals surface area contributed by atoms with Gasteiger partial charge in [0.1, 0.15) is 0 Å². The van der Waals surface area contributed by atoms with Crippen molar-refractivity contribution >= 4 is 27.5 Å². The number of carbonyl (C=O) groups excluding carboxylic acids is 1. The van der Waals surface area contributed by atoms with Crippen LogP contribution in [0.4, 0.5) is 0 Å². The molecule has 164 valence electrons. The number of benzene rings is 2. The lowest BCUT2D eigenvalue weighted by Crippen LogP contribution is -2.41. The van der Waals surface area contributed by atoms with Crippen LogP contribution in [0.5, 0.6) is 0 Å². The third kappa shape index (κ3) is 5.49. The summed E-state index contributed by atoms with van der Waals surface area (Å²) in [6.07, 6.45) is 0.687. The third-order valence-electron chi connectivity index (χ3n) is 4.55. The van der Waals surface area contributed by atoms with Crippen molar-refractivity contribution in [2.24, 2.45) is 0 Å². The monoisotopic (exact) mass is 462 g/mol. The number of amides is 1. The number of rotatable bonds is 9. The average molecular weight is 463 g/mol. The molecule has 31 heavy (non-hydrogen) atoms. The van der Waals surface area contributed by atoms with Crippen molar-refractivity contribution in [1.82, 2.24) is 19.4 Å². The van der Waals surface area contributed by atoms with E-state index in [-0.39, 0.29) is 35.7 Å². The van der Waals surface area contributed by atoms with Crippen LogP contribution < -0.4 is 0 Å². The summed E-state index contributed by atoms with van der Waals surface area (Å²) in [5.74, 6) is 0.139. The van der Waals surface area contributed by atoms with Crippen LogP contribution in [-0.4, -0.2) is 53.9 Å². The van der Waals surface area contributed by atoms with E-state index in [1.165, 1.54) is 24.1 Å². The van der Waals surface area contributed by atoms with Crippen LogP contribution in [-0.2, 0) is 21.4 Å². The number of hydrogen-bond acceptors (Lipinski definition) is 6. The van der Waals surface area contributed by atoms with Gasteiger partial charge in [-0.05, 0) is 30.7 Å². The first-order valence-corrected chi connectivity index (χ1v) is 11.5. The Balaban J connectivity index is 1.72. The Morgan fingerprint density at radius 1 is 1.06 bits per heavy atom. The normalized spacial score (nSPS) is 11.6. The summed E-state index contributed by atoms with van der Waals surface area (Å²) >= 11 is 6.17. The van der Waals surface area contributed by atoms with Crippen molar-refractivity contribution < 1.29 is 17.6 Å². The summed E-state index contributed by atoms with van der Waals surface area (Å²) in [5, 5.41) is 8.51. The molecular formula is C21H23ClN4O4S. The molecule has 1 amide bonds. The molecule has 3 rings (SSSR count). The zero-order valence-corrected chi connectivity index (χ0v) is 18.8. The second-order valence-electron chi connectivity index (χ2n) is 6.87. The molecular weight excluding hydrogens is 440 g/mol. The molecule has 8 nitrogen and oxygen atoms in total. The Hall–Kier alpha value is -2.75. The molecule has 0 spiro atoms. The van der Waals surface area contributed by atoms with Gasteiger partial charge in [-0.25, -0.2) is 8.42 Å². The van der Waals surface area contributed by atoms with E-state index < -0.39 is 10.0 Å². The van der Waals surface area contributed by atoms with Crippen LogP contribution in [0, 0.1) is 0 Å². The topological polar surface area (TPSA) is 96.6 Å². The summed E-state index contributed by atoms with van der Waals surface area (Å²) in [6, 6.07) is 15.1. The van der Waals surface area contributed by atoms with Gasteiger partial charge in [0.2, 0.25) is 27.7 Å². The van der Waals surface area contributed by atoms with E-state index in [0.29, 0.717) is 23.6 Å². The number of likely N-dealkylation sites (N-methyl/N-ethyl adjacent to an activating group) is 1. The predicted molar refractivity (Wildman–Crippen MR) is 117 cm³/mol. The van der Waals surface area contributed by atoms with Crippen molar-refractivity contribution in [1.29, 1.82) is 0 Å². The molecule has 0 saturated carbocycles. The quantitative estimate of drug-likeness (QED) is 0.483. The SMILES string of the molecule is CCCN(Cc1nnc(-c2ccccc2Cl)o1)C(=O)CN(C)S(=O)(=O)c1ccccc1. The lowest BCUT2D eigenvalue weighted by atomic mass is 10.2. The smallest absolute Gasteiger partial charge is 0.249 e. The molecule has 1 heterocycles. The highest BCUT2D eigenvalue weighted by Gasteiger charge is 2.26. The molecule has 10 heteroatoms. The lowest BCUT2D eigenvalue weighted by Gasteiger charge is -2.24. The Bertz CT molecular complexity index is 1140. The van der Waals surface area contributed by atoms with E-state index in [2.05, 4.69) is 10.2 Å². The third-order valence-corrected chi connectivity index (χ3v) is 6.70. The first kappa shape index (κ1) is 22.9. The maximum absolute atomic E-state index is 12.9. The molecule has 0 fully saturated rings. The predicted octanol–water partition coefficient (Wildman–Crippen LogP) is 3.45. The molecule has 0 radical (unpaired) electrons. The zero-order chi connectivity index (χ0) is 22.4. The molecule has 0 aliphatic rings. The highest BCUT2D eigenvalue weighted by Crippen LogP contribution is 2.26. The van der Waals surface area contributed by atoms with Gasteiger partial charge in [0, 0.05) is 13.6 Å². The van der Waals surface area contributed by atoms with E-state index >= 15 is 0 Å². The Labute approximate surface area is 186 Å². The fourth-order valence-corrected chi connectivity index (χ4v) is 4.29. The second-order valence-corrected chi connectivity index (χ2v) is 9.32. The number of halogens is 1. The fourth-order valence-electron chi connectivity index (χ4n) is 2.93. The minimum atomic E-state index is -3.77. The van der Waals surface area contributed by atoms with Crippen molar-refractivity contribution in [2.45, 2.75) is 24.8 Å². The van der Waals surface area contributed by atoms with Gasteiger partial charge in [-0.15, -0.1) is 10.2 Å². The molecule has 0 aliphatic carbocycles. The second kappa shape index (κ2) is 10.0. The summed E-state index contributed by atoms with van der Waals surface area (Å²) in [7, 11) is -2.39. The van der Waals surface area contributed by atoms with Crippen molar-refractivity contribution in [3.63, 3.8) is 0 Å². The van der Waals surface area contributed by atoms with E-state index in [0.717, 1.165) is 4.31 Å². The maximum Gasteiger partial charge on any atom is 0.249 e. The van der Waals surface area contributed by atoms with E-state index in [4.69, 9.17) is 16.0 Å². The number of sulfonamides is 1. The summed E-state index contributed by atoms with van der Waals surface area (Å²) in [6.45, 7) is 2.11. The standard InChI is InChI=1S/C21H23ClN4O4S/c1-3-13-26(14-19-23-24-21(30-19)17-11-7-8-12-18(17)22)20(27)15-25(2)31(28,29)16-9-5-4-6-10-16/h4-12H,3,13-15H2,1-2H3. The highest BCUT2D eigenvalue weighted by molar-refractivity contribution is 7.89. The molecule has 0 unspecified atom stereocenters. The summed E-state index contributed by atoms with van der Waals surface area (Å²) in [5.41, 5.74) is 0.602. The Kier molecular flexibility index (Phi) is 7.42. The van der Waals surface area contributed by atoms with Gasteiger partial charge in [0.05, 0.1) is 28.6 Å². The van der Waals surface area contributed by atoms with Gasteiger partial charge in [-0.2, -0.15) is 4.31 Å². The maximum atomic E-state index is 12.9. The van der Waals surface area contributed by atoms with Crippen LogP contribution in [0.25, 0.3) is 11.5 Å². The van der Waals surface area contributed by atoms with Crippen LogP contribution in [0.2, 0.25) is 5.02 Å². The molecule has 0 bridgehead atoms. The van der Waals surface area contributed by atoms with Crippen LogP contribution in [0.3, 0.4) is 0 Å². The number of nitrogens with zero attached hydrogens (tertiary/aromatic N) is 4. The van der Waals surface area contributed by atoms with Gasteiger partial charge in [0.25, 0.3) is 0 Å². The van der Waals surface area contributed by atoms with Crippen molar-refractivity contribution in [3.05, 3.63) is 65.5 Å². The molecule has 0 aliphatic heterocycles. The highest BCUT2D eigenvalue weighted by atomic mass is 35.5. The van der Waals surface area contributed by atoms with Crippen molar-refractivity contribution in [2.75, 3.05) is 20.1 Å². The lowest BCUT2D eigenvalue weighted by molar-refractivity contribution is -0.132. The van der Waals surface area contributed by atoms with Gasteiger partial charge in [-0.1, -0.05) is 48.9 Å². The minimum absolute atomic E-state index is 0.0728. The molecule has 0 saturated heterocycles. The Morgan fingerprint density at radius 3 is 2.42 bits per heavy atom. The molecule has 0 N–H and O–H groups in total.